The maximum absolute atomic E-state index is 11.3. The summed E-state index contributed by atoms with van der Waals surface area (Å²) in [6.45, 7) is 0.493. The van der Waals surface area contributed by atoms with E-state index < -0.39 is 6.09 Å². The highest BCUT2D eigenvalue weighted by atomic mass is 16.6. The van der Waals surface area contributed by atoms with E-state index in [0.29, 0.717) is 5.75 Å². The van der Waals surface area contributed by atoms with Crippen LogP contribution in [-0.4, -0.2) is 25.1 Å². The quantitative estimate of drug-likeness (QED) is 0.753. The van der Waals surface area contributed by atoms with E-state index in [9.17, 15) is 9.59 Å². The van der Waals surface area contributed by atoms with Crippen LogP contribution < -0.4 is 15.4 Å². The van der Waals surface area contributed by atoms with Crippen molar-refractivity contribution >= 4 is 12.0 Å². The maximum atomic E-state index is 11.3. The lowest BCUT2D eigenvalue weighted by Crippen LogP contribution is -2.35. The Balaban J connectivity index is 2.15. The summed E-state index contributed by atoms with van der Waals surface area (Å²) in [5.41, 5.74) is 0. The van der Waals surface area contributed by atoms with Gasteiger partial charge >= 0.3 is 6.09 Å². The smallest absolute Gasteiger partial charge is 0.410 e. The second-order valence-electron chi connectivity index (χ2n) is 3.31. The summed E-state index contributed by atoms with van der Waals surface area (Å²) in [5.74, 6) is 0.0826. The summed E-state index contributed by atoms with van der Waals surface area (Å²) < 4.78 is 4.95. The zero-order valence-corrected chi connectivity index (χ0v) is 9.68. The first-order chi connectivity index (χ1) is 8.72. The molecule has 94 valence electrons. The monoisotopic (exact) mass is 247 g/mol. The Hall–Kier alpha value is -2.55. The van der Waals surface area contributed by atoms with Crippen LogP contribution in [0.1, 0.15) is 6.42 Å². The fourth-order valence-electron chi connectivity index (χ4n) is 1.13. The van der Waals surface area contributed by atoms with Crippen molar-refractivity contribution in [3.63, 3.8) is 0 Å². The number of nitrogens with one attached hydrogen (secondary N) is 2. The Morgan fingerprint density at radius 3 is 2.50 bits per heavy atom. The number of benzene rings is 1. The first-order valence-electron chi connectivity index (χ1n) is 5.37. The SMILES string of the molecule is N#CCC(=O)NCCNC(=O)Oc1ccccc1. The molecule has 1 rings (SSSR count). The highest BCUT2D eigenvalue weighted by molar-refractivity contribution is 5.78. The first kappa shape index (κ1) is 13.5. The molecule has 0 atom stereocenters. The average Bonchev–Trinajstić information content (AvgIpc) is 2.36. The largest absolute Gasteiger partial charge is 0.412 e. The standard InChI is InChI=1S/C12H13N3O3/c13-7-6-11(16)14-8-9-15-12(17)18-10-4-2-1-3-5-10/h1-5H,6,8-9H2,(H,14,16)(H,15,17). The summed E-state index contributed by atoms with van der Waals surface area (Å²) in [4.78, 5) is 22.2. The van der Waals surface area contributed by atoms with Crippen LogP contribution in [0.4, 0.5) is 4.79 Å². The van der Waals surface area contributed by atoms with Crippen molar-refractivity contribution in [3.8, 4) is 11.8 Å². The minimum absolute atomic E-state index is 0.186. The number of ether oxygens (including phenoxy) is 1. The fraction of sp³-hybridized carbons (Fsp3) is 0.250. The van der Waals surface area contributed by atoms with Crippen LogP contribution in [0.15, 0.2) is 30.3 Å². The summed E-state index contributed by atoms with van der Waals surface area (Å²) in [7, 11) is 0. The zero-order chi connectivity index (χ0) is 13.2. The van der Waals surface area contributed by atoms with Gasteiger partial charge in [-0.25, -0.2) is 4.79 Å². The van der Waals surface area contributed by atoms with E-state index in [2.05, 4.69) is 10.6 Å². The molecule has 2 amide bonds. The highest BCUT2D eigenvalue weighted by Crippen LogP contribution is 2.07. The molecule has 0 heterocycles. The van der Waals surface area contributed by atoms with Gasteiger partial charge in [0.05, 0.1) is 6.07 Å². The lowest BCUT2D eigenvalue weighted by atomic mass is 10.3. The Morgan fingerprint density at radius 2 is 1.83 bits per heavy atom. The minimum atomic E-state index is -0.587. The van der Waals surface area contributed by atoms with Crippen molar-refractivity contribution < 1.29 is 14.3 Å². The molecular weight excluding hydrogens is 234 g/mol. The van der Waals surface area contributed by atoms with Gasteiger partial charge in [0.25, 0.3) is 0 Å². The molecule has 0 unspecified atom stereocenters. The number of rotatable bonds is 5. The van der Waals surface area contributed by atoms with Crippen molar-refractivity contribution in [2.24, 2.45) is 0 Å². The molecule has 0 aromatic heterocycles. The first-order valence-corrected chi connectivity index (χ1v) is 5.37. The van der Waals surface area contributed by atoms with E-state index in [4.69, 9.17) is 10.00 Å². The molecule has 6 heteroatoms. The summed E-state index contributed by atoms with van der Waals surface area (Å²) in [5, 5.41) is 13.2. The molecule has 0 saturated carbocycles. The third-order valence-corrected chi connectivity index (χ3v) is 1.91. The highest BCUT2D eigenvalue weighted by Gasteiger charge is 2.03. The van der Waals surface area contributed by atoms with Crippen LogP contribution >= 0.6 is 0 Å². The molecule has 6 nitrogen and oxygen atoms in total. The van der Waals surface area contributed by atoms with E-state index in [0.717, 1.165) is 0 Å². The number of carbonyl (C=O) groups excluding carboxylic acids is 2. The van der Waals surface area contributed by atoms with Gasteiger partial charge in [-0.3, -0.25) is 4.79 Å². The molecule has 1 aromatic rings. The van der Waals surface area contributed by atoms with Gasteiger partial charge in [0.2, 0.25) is 5.91 Å². The summed E-state index contributed by atoms with van der Waals surface area (Å²) in [6, 6.07) is 10.4. The number of amides is 2. The Bertz CT molecular complexity index is 440. The van der Waals surface area contributed by atoms with Gasteiger partial charge in [0.15, 0.2) is 0 Å². The van der Waals surface area contributed by atoms with E-state index >= 15 is 0 Å². The van der Waals surface area contributed by atoms with E-state index in [1.807, 2.05) is 6.07 Å². The van der Waals surface area contributed by atoms with Crippen molar-refractivity contribution in [3.05, 3.63) is 30.3 Å². The molecule has 2 N–H and O–H groups in total. The zero-order valence-electron chi connectivity index (χ0n) is 9.68. The number of para-hydroxylation sites is 1. The molecule has 1 aromatic carbocycles. The van der Waals surface area contributed by atoms with Crippen molar-refractivity contribution in [1.82, 2.24) is 10.6 Å². The van der Waals surface area contributed by atoms with Crippen LogP contribution in [0.3, 0.4) is 0 Å². The van der Waals surface area contributed by atoms with Gasteiger partial charge in [0.1, 0.15) is 12.2 Å². The van der Waals surface area contributed by atoms with Gasteiger partial charge < -0.3 is 15.4 Å². The molecule has 18 heavy (non-hydrogen) atoms. The third-order valence-electron chi connectivity index (χ3n) is 1.91. The fourth-order valence-corrected chi connectivity index (χ4v) is 1.13. The Kier molecular flexibility index (Phi) is 5.77. The van der Waals surface area contributed by atoms with Crippen LogP contribution in [0, 0.1) is 11.3 Å². The van der Waals surface area contributed by atoms with E-state index in [1.165, 1.54) is 0 Å². The van der Waals surface area contributed by atoms with Gasteiger partial charge in [-0.2, -0.15) is 5.26 Å². The lowest BCUT2D eigenvalue weighted by Gasteiger charge is -2.06. The second-order valence-corrected chi connectivity index (χ2v) is 3.31. The topological polar surface area (TPSA) is 91.2 Å². The molecule has 0 aliphatic carbocycles. The molecule has 0 bridgehead atoms. The molecular formula is C12H13N3O3. The van der Waals surface area contributed by atoms with Crippen LogP contribution in [0.25, 0.3) is 0 Å². The molecule has 0 aliphatic heterocycles. The van der Waals surface area contributed by atoms with Gasteiger partial charge in [-0.1, -0.05) is 18.2 Å². The molecule has 0 spiro atoms. The summed E-state index contributed by atoms with van der Waals surface area (Å²) in [6.07, 6.45) is -0.773. The van der Waals surface area contributed by atoms with Crippen molar-refractivity contribution in [1.29, 1.82) is 5.26 Å². The second kappa shape index (κ2) is 7.68. The number of hydrogen-bond donors (Lipinski definition) is 2. The maximum Gasteiger partial charge on any atom is 0.412 e. The Morgan fingerprint density at radius 1 is 1.17 bits per heavy atom. The normalized spacial score (nSPS) is 9.06. The lowest BCUT2D eigenvalue weighted by molar-refractivity contribution is -0.120. The van der Waals surface area contributed by atoms with Crippen molar-refractivity contribution in [2.45, 2.75) is 6.42 Å². The van der Waals surface area contributed by atoms with Crippen LogP contribution in [0.2, 0.25) is 0 Å². The van der Waals surface area contributed by atoms with Gasteiger partial charge in [-0.15, -0.1) is 0 Å². The van der Waals surface area contributed by atoms with Crippen molar-refractivity contribution in [2.75, 3.05) is 13.1 Å². The minimum Gasteiger partial charge on any atom is -0.410 e. The predicted molar refractivity (Wildman–Crippen MR) is 63.7 cm³/mol. The number of carbonyl (C=O) groups is 2. The molecule has 0 saturated heterocycles. The average molecular weight is 247 g/mol. The van der Waals surface area contributed by atoms with Gasteiger partial charge in [0, 0.05) is 13.1 Å². The number of nitrogens with zero attached hydrogens (tertiary/aromatic N) is 1. The predicted octanol–water partition coefficient (Wildman–Crippen LogP) is 0.805. The van der Waals surface area contributed by atoms with Gasteiger partial charge in [-0.05, 0) is 12.1 Å². The molecule has 0 radical (unpaired) electrons. The van der Waals surface area contributed by atoms with E-state index in [-0.39, 0.29) is 25.4 Å². The Labute approximate surface area is 105 Å². The number of nitriles is 1. The third kappa shape index (κ3) is 5.51. The van der Waals surface area contributed by atoms with E-state index in [1.54, 1.807) is 30.3 Å². The molecule has 0 fully saturated rings. The summed E-state index contributed by atoms with van der Waals surface area (Å²) >= 11 is 0. The molecule has 0 aliphatic rings. The van der Waals surface area contributed by atoms with Crippen LogP contribution in [0.5, 0.6) is 5.75 Å². The number of hydrogen-bond acceptors (Lipinski definition) is 4. The van der Waals surface area contributed by atoms with Crippen LogP contribution in [-0.2, 0) is 4.79 Å².